The van der Waals surface area contributed by atoms with E-state index in [0.717, 1.165) is 6.92 Å². The van der Waals surface area contributed by atoms with Crippen LogP contribution in [0, 0.1) is 18.3 Å². The zero-order valence-electron chi connectivity index (χ0n) is 13.8. The summed E-state index contributed by atoms with van der Waals surface area (Å²) in [5.41, 5.74) is -3.77. The molecule has 1 aliphatic heterocycles. The van der Waals surface area contributed by atoms with Crippen LogP contribution < -0.4 is 0 Å². The normalized spacial score (nSPS) is 32.0. The lowest BCUT2D eigenvalue weighted by Crippen LogP contribution is -2.48. The maximum absolute atomic E-state index is 15.5. The molecule has 0 bridgehead atoms. The molecule has 26 heavy (non-hydrogen) atoms. The second-order valence-electron chi connectivity index (χ2n) is 6.12. The van der Waals surface area contributed by atoms with Gasteiger partial charge in [0.05, 0.1) is 23.5 Å². The molecule has 0 saturated carbocycles. The Kier molecular flexibility index (Phi) is 4.39. The fourth-order valence-corrected chi connectivity index (χ4v) is 3.43. The van der Waals surface area contributed by atoms with Gasteiger partial charge in [0.1, 0.15) is 24.6 Å². The third-order valence-electron chi connectivity index (χ3n) is 4.49. The standard InChI is InChI=1S/C14H16FN4O6P/c1-8-9-3-4-11(19(9)18-7-17-8)14(6-16)13(2,15)12(20)10(25-14)5-24-26(21,22)23/h3-4,7,10,12,20H,5H2,1-2H3,(H2,21,22,23)/t10-,12-,13-,14+/m1/s1. The predicted molar refractivity (Wildman–Crippen MR) is 83.4 cm³/mol. The summed E-state index contributed by atoms with van der Waals surface area (Å²) in [6.07, 6.45) is -2.13. The summed E-state index contributed by atoms with van der Waals surface area (Å²) in [4.78, 5) is 21.6. The minimum atomic E-state index is -4.86. The molecule has 0 aliphatic carbocycles. The molecule has 0 spiro atoms. The molecular weight excluding hydrogens is 370 g/mol. The van der Waals surface area contributed by atoms with Gasteiger partial charge in [-0.15, -0.1) is 0 Å². The summed E-state index contributed by atoms with van der Waals surface area (Å²) in [5, 5.41) is 24.0. The fraction of sp³-hybridized carbons (Fsp3) is 0.500. The first-order valence-corrected chi connectivity index (χ1v) is 9.02. The number of phosphoric ester groups is 1. The van der Waals surface area contributed by atoms with Gasteiger partial charge in [-0.3, -0.25) is 4.52 Å². The number of ether oxygens (including phenoxy) is 1. The van der Waals surface area contributed by atoms with Crippen molar-refractivity contribution in [2.75, 3.05) is 6.61 Å². The number of rotatable bonds is 4. The molecule has 1 fully saturated rings. The number of hydrogen-bond acceptors (Lipinski definition) is 7. The van der Waals surface area contributed by atoms with E-state index in [9.17, 15) is 14.9 Å². The van der Waals surface area contributed by atoms with E-state index >= 15 is 4.39 Å². The van der Waals surface area contributed by atoms with Gasteiger partial charge in [0, 0.05) is 0 Å². The van der Waals surface area contributed by atoms with Gasteiger partial charge >= 0.3 is 7.82 Å². The van der Waals surface area contributed by atoms with E-state index in [-0.39, 0.29) is 5.69 Å². The molecule has 0 aromatic carbocycles. The third-order valence-corrected chi connectivity index (χ3v) is 4.98. The van der Waals surface area contributed by atoms with Crippen LogP contribution in [0.4, 0.5) is 4.39 Å². The number of aliphatic hydroxyl groups is 1. The number of phosphoric acid groups is 1. The van der Waals surface area contributed by atoms with Crippen molar-refractivity contribution in [2.24, 2.45) is 0 Å². The van der Waals surface area contributed by atoms with E-state index in [1.165, 1.54) is 16.9 Å². The molecule has 4 atom stereocenters. The van der Waals surface area contributed by atoms with E-state index in [0.29, 0.717) is 11.2 Å². The maximum atomic E-state index is 15.5. The average Bonchev–Trinajstić information content (AvgIpc) is 3.06. The Morgan fingerprint density at radius 1 is 1.54 bits per heavy atom. The van der Waals surface area contributed by atoms with E-state index < -0.39 is 37.9 Å². The SMILES string of the molecule is Cc1ncnn2c([C@]3(C#N)O[C@H](COP(=O)(O)O)[C@@H](O)[C@@]3(C)F)ccc12. The molecule has 3 heterocycles. The van der Waals surface area contributed by atoms with Crippen molar-refractivity contribution in [3.63, 3.8) is 0 Å². The van der Waals surface area contributed by atoms with Crippen molar-refractivity contribution in [2.45, 2.75) is 37.3 Å². The highest BCUT2D eigenvalue weighted by Gasteiger charge is 2.67. The second kappa shape index (κ2) is 6.06. The molecule has 1 aliphatic rings. The number of nitriles is 1. The predicted octanol–water partition coefficient (Wildman–Crippen LogP) is 0.354. The lowest BCUT2D eigenvalue weighted by atomic mass is 9.82. The van der Waals surface area contributed by atoms with Crippen LogP contribution in [0.2, 0.25) is 0 Å². The minimum Gasteiger partial charge on any atom is -0.387 e. The zero-order valence-corrected chi connectivity index (χ0v) is 14.7. The fourth-order valence-electron chi connectivity index (χ4n) is 3.09. The Morgan fingerprint density at radius 2 is 2.23 bits per heavy atom. The number of alkyl halides is 1. The number of nitrogens with zero attached hydrogens (tertiary/aromatic N) is 4. The van der Waals surface area contributed by atoms with Crippen molar-refractivity contribution in [1.82, 2.24) is 14.6 Å². The smallest absolute Gasteiger partial charge is 0.387 e. The molecule has 10 nitrogen and oxygen atoms in total. The molecule has 140 valence electrons. The highest BCUT2D eigenvalue weighted by atomic mass is 31.2. The van der Waals surface area contributed by atoms with Crippen molar-refractivity contribution < 1.29 is 33.1 Å². The maximum Gasteiger partial charge on any atom is 0.469 e. The molecule has 12 heteroatoms. The molecule has 3 N–H and O–H groups in total. The first kappa shape index (κ1) is 18.8. The van der Waals surface area contributed by atoms with Gasteiger partial charge in [0.25, 0.3) is 0 Å². The third kappa shape index (κ3) is 2.72. The summed E-state index contributed by atoms with van der Waals surface area (Å²) in [5.74, 6) is 0. The first-order chi connectivity index (χ1) is 12.0. The van der Waals surface area contributed by atoms with Crippen molar-refractivity contribution in [3.05, 3.63) is 29.8 Å². The molecule has 0 amide bonds. The first-order valence-electron chi connectivity index (χ1n) is 7.49. The van der Waals surface area contributed by atoms with Crippen LogP contribution in [0.1, 0.15) is 18.3 Å². The van der Waals surface area contributed by atoms with Crippen LogP contribution in [0.5, 0.6) is 0 Å². The second-order valence-corrected chi connectivity index (χ2v) is 7.36. The van der Waals surface area contributed by atoms with E-state index in [2.05, 4.69) is 14.6 Å². The van der Waals surface area contributed by atoms with E-state index in [1.54, 1.807) is 19.1 Å². The van der Waals surface area contributed by atoms with Gasteiger partial charge in [0.15, 0.2) is 5.67 Å². The molecule has 2 aromatic heterocycles. The summed E-state index contributed by atoms with van der Waals surface area (Å²) in [6, 6.07) is 4.76. The zero-order chi connectivity index (χ0) is 19.3. The van der Waals surface area contributed by atoms with Crippen molar-refractivity contribution in [3.8, 4) is 6.07 Å². The van der Waals surface area contributed by atoms with Gasteiger partial charge < -0.3 is 19.6 Å². The highest BCUT2D eigenvalue weighted by Crippen LogP contribution is 2.50. The highest BCUT2D eigenvalue weighted by molar-refractivity contribution is 7.46. The number of halogens is 1. The quantitative estimate of drug-likeness (QED) is 0.633. The lowest BCUT2D eigenvalue weighted by molar-refractivity contribution is -0.0712. The molecule has 1 saturated heterocycles. The van der Waals surface area contributed by atoms with Gasteiger partial charge in [-0.2, -0.15) is 10.4 Å². The number of hydrogen-bond donors (Lipinski definition) is 3. The Bertz CT molecular complexity index is 937. The number of fused-ring (bicyclic) bond motifs is 1. The Balaban J connectivity index is 2.09. The topological polar surface area (TPSA) is 150 Å². The van der Waals surface area contributed by atoms with E-state index in [4.69, 9.17) is 14.5 Å². The van der Waals surface area contributed by atoms with E-state index in [1.807, 2.05) is 0 Å². The monoisotopic (exact) mass is 386 g/mol. The van der Waals surface area contributed by atoms with Gasteiger partial charge in [-0.25, -0.2) is 18.5 Å². The summed E-state index contributed by atoms with van der Waals surface area (Å²) >= 11 is 0. The van der Waals surface area contributed by atoms with Crippen LogP contribution in [0.15, 0.2) is 18.5 Å². The molecule has 0 unspecified atom stereocenters. The summed E-state index contributed by atoms with van der Waals surface area (Å²) < 4.78 is 37.4. The number of aliphatic hydroxyl groups excluding tert-OH is 1. The van der Waals surface area contributed by atoms with Gasteiger partial charge in [0.2, 0.25) is 5.60 Å². The molecule has 0 radical (unpaired) electrons. The summed E-state index contributed by atoms with van der Waals surface area (Å²) in [6.45, 7) is 1.88. The number of aryl methyl sites for hydroxylation is 1. The largest absolute Gasteiger partial charge is 0.469 e. The molecule has 2 aromatic rings. The van der Waals surface area contributed by atoms with Crippen LogP contribution in [-0.2, 0) is 19.4 Å². The van der Waals surface area contributed by atoms with Crippen LogP contribution >= 0.6 is 7.82 Å². The van der Waals surface area contributed by atoms with Gasteiger partial charge in [-0.1, -0.05) is 0 Å². The van der Waals surface area contributed by atoms with Crippen LogP contribution in [0.3, 0.4) is 0 Å². The summed E-state index contributed by atoms with van der Waals surface area (Å²) in [7, 11) is -4.86. The van der Waals surface area contributed by atoms with Crippen LogP contribution in [-0.4, -0.2) is 54.0 Å². The van der Waals surface area contributed by atoms with Crippen molar-refractivity contribution in [1.29, 1.82) is 5.26 Å². The molecule has 3 rings (SSSR count). The molecular formula is C14H16FN4O6P. The minimum absolute atomic E-state index is 0.0169. The van der Waals surface area contributed by atoms with Crippen LogP contribution in [0.25, 0.3) is 5.52 Å². The number of aromatic nitrogens is 3. The van der Waals surface area contributed by atoms with Crippen molar-refractivity contribution >= 4 is 13.3 Å². The van der Waals surface area contributed by atoms with Gasteiger partial charge in [-0.05, 0) is 26.0 Å². The lowest BCUT2D eigenvalue weighted by Gasteiger charge is -2.30. The Labute approximate surface area is 147 Å². The Hall–Kier alpha value is -1.93. The Morgan fingerprint density at radius 3 is 2.85 bits per heavy atom. The average molecular weight is 386 g/mol.